The van der Waals surface area contributed by atoms with Gasteiger partial charge in [-0.15, -0.1) is 0 Å². The highest BCUT2D eigenvalue weighted by molar-refractivity contribution is 8.06. The van der Waals surface area contributed by atoms with Crippen LogP contribution in [0.1, 0.15) is 39.0 Å². The highest BCUT2D eigenvalue weighted by Gasteiger charge is 2.31. The average molecular weight is 259 g/mol. The third kappa shape index (κ3) is 3.58. The van der Waals surface area contributed by atoms with Crippen molar-refractivity contribution in [1.29, 1.82) is 0 Å². The molecular weight excluding hydrogens is 234 g/mol. The Morgan fingerprint density at radius 2 is 2.00 bits per heavy atom. The van der Waals surface area contributed by atoms with Crippen LogP contribution in [0, 0.1) is 5.92 Å². The Kier molecular flexibility index (Phi) is 5.87. The van der Waals surface area contributed by atoms with E-state index >= 15 is 0 Å². The van der Waals surface area contributed by atoms with Gasteiger partial charge in [-0.1, -0.05) is 26.2 Å². The number of hydrogen-bond acceptors (Lipinski definition) is 3. The van der Waals surface area contributed by atoms with Gasteiger partial charge in [0.15, 0.2) is 0 Å². The smallest absolute Gasteiger partial charge is 0.0294 e. The van der Waals surface area contributed by atoms with Gasteiger partial charge in [0.2, 0.25) is 0 Å². The highest BCUT2D eigenvalue weighted by Crippen LogP contribution is 2.34. The Morgan fingerprint density at radius 1 is 1.19 bits per heavy atom. The quantitative estimate of drug-likeness (QED) is 0.831. The summed E-state index contributed by atoms with van der Waals surface area (Å²) in [5.74, 6) is 5.07. The van der Waals surface area contributed by atoms with Crippen LogP contribution in [0.15, 0.2) is 0 Å². The van der Waals surface area contributed by atoms with Crippen molar-refractivity contribution in [3.05, 3.63) is 0 Å². The van der Waals surface area contributed by atoms with Crippen LogP contribution < -0.4 is 5.32 Å². The van der Waals surface area contributed by atoms with E-state index in [9.17, 15) is 0 Å². The predicted molar refractivity (Wildman–Crippen MR) is 77.6 cm³/mol. The van der Waals surface area contributed by atoms with E-state index in [-0.39, 0.29) is 0 Å². The van der Waals surface area contributed by atoms with Gasteiger partial charge in [-0.05, 0) is 25.3 Å². The lowest BCUT2D eigenvalue weighted by Gasteiger charge is -2.37. The molecular formula is C13H25NS2. The minimum absolute atomic E-state index is 0.795. The molecule has 0 bridgehead atoms. The summed E-state index contributed by atoms with van der Waals surface area (Å²) in [6, 6.07) is 0.795. The molecule has 16 heavy (non-hydrogen) atoms. The van der Waals surface area contributed by atoms with Crippen LogP contribution in [0.25, 0.3) is 0 Å². The van der Waals surface area contributed by atoms with E-state index in [1.165, 1.54) is 49.4 Å². The first-order chi connectivity index (χ1) is 7.92. The molecule has 0 aromatic rings. The Labute approximate surface area is 109 Å². The molecule has 3 heteroatoms. The average Bonchev–Trinajstić information content (AvgIpc) is 2.38. The molecule has 2 fully saturated rings. The SMILES string of the molecule is CCNC(C1CCCCC1)C1CSCCS1. The van der Waals surface area contributed by atoms with Crippen LogP contribution in [0.2, 0.25) is 0 Å². The maximum absolute atomic E-state index is 3.79. The minimum Gasteiger partial charge on any atom is -0.313 e. The minimum atomic E-state index is 0.795. The Morgan fingerprint density at radius 3 is 2.62 bits per heavy atom. The summed E-state index contributed by atoms with van der Waals surface area (Å²) in [6.45, 7) is 3.40. The van der Waals surface area contributed by atoms with Crippen molar-refractivity contribution in [2.75, 3.05) is 23.8 Å². The van der Waals surface area contributed by atoms with Crippen LogP contribution in [0.3, 0.4) is 0 Å². The van der Waals surface area contributed by atoms with Gasteiger partial charge in [0, 0.05) is 28.6 Å². The summed E-state index contributed by atoms with van der Waals surface area (Å²) in [5, 5.41) is 4.66. The van der Waals surface area contributed by atoms with Crippen LogP contribution in [-0.4, -0.2) is 35.1 Å². The van der Waals surface area contributed by atoms with Gasteiger partial charge in [-0.2, -0.15) is 23.5 Å². The fourth-order valence-electron chi connectivity index (χ4n) is 3.04. The highest BCUT2D eigenvalue weighted by atomic mass is 32.2. The molecule has 2 unspecified atom stereocenters. The van der Waals surface area contributed by atoms with E-state index < -0.39 is 0 Å². The van der Waals surface area contributed by atoms with Crippen molar-refractivity contribution in [3.8, 4) is 0 Å². The van der Waals surface area contributed by atoms with Crippen LogP contribution in [-0.2, 0) is 0 Å². The first-order valence-corrected chi connectivity index (χ1v) is 9.05. The van der Waals surface area contributed by atoms with E-state index in [1.54, 1.807) is 0 Å². The number of hydrogen-bond donors (Lipinski definition) is 1. The molecule has 1 nitrogen and oxygen atoms in total. The normalized spacial score (nSPS) is 30.2. The van der Waals surface area contributed by atoms with E-state index in [0.29, 0.717) is 0 Å². The first kappa shape index (κ1) is 13.1. The maximum atomic E-state index is 3.79. The van der Waals surface area contributed by atoms with Crippen LogP contribution in [0.5, 0.6) is 0 Å². The van der Waals surface area contributed by atoms with E-state index in [1.807, 2.05) is 0 Å². The Bertz CT molecular complexity index is 168. The lowest BCUT2D eigenvalue weighted by Crippen LogP contribution is -2.46. The molecule has 1 aliphatic carbocycles. The number of thioether (sulfide) groups is 2. The molecule has 0 spiro atoms. The van der Waals surface area contributed by atoms with Gasteiger partial charge in [0.1, 0.15) is 0 Å². The zero-order valence-corrected chi connectivity index (χ0v) is 12.0. The molecule has 1 N–H and O–H groups in total. The van der Waals surface area contributed by atoms with Gasteiger partial charge >= 0.3 is 0 Å². The monoisotopic (exact) mass is 259 g/mol. The van der Waals surface area contributed by atoms with Crippen molar-refractivity contribution >= 4 is 23.5 Å². The van der Waals surface area contributed by atoms with Crippen molar-refractivity contribution in [2.24, 2.45) is 5.92 Å². The predicted octanol–water partition coefficient (Wildman–Crippen LogP) is 3.39. The van der Waals surface area contributed by atoms with Crippen molar-refractivity contribution < 1.29 is 0 Å². The fourth-order valence-corrected chi connectivity index (χ4v) is 6.01. The lowest BCUT2D eigenvalue weighted by molar-refractivity contribution is 0.271. The molecule has 2 atom stereocenters. The van der Waals surface area contributed by atoms with Crippen molar-refractivity contribution in [1.82, 2.24) is 5.32 Å². The fraction of sp³-hybridized carbons (Fsp3) is 1.00. The molecule has 2 rings (SSSR count). The van der Waals surface area contributed by atoms with Crippen molar-refractivity contribution in [2.45, 2.75) is 50.3 Å². The molecule has 0 aromatic heterocycles. The largest absolute Gasteiger partial charge is 0.313 e. The summed E-state index contributed by atoms with van der Waals surface area (Å²) in [6.07, 6.45) is 7.36. The van der Waals surface area contributed by atoms with Gasteiger partial charge in [0.25, 0.3) is 0 Å². The topological polar surface area (TPSA) is 12.0 Å². The number of rotatable bonds is 4. The summed E-state index contributed by atoms with van der Waals surface area (Å²) in [4.78, 5) is 0. The van der Waals surface area contributed by atoms with Gasteiger partial charge in [0.05, 0.1) is 0 Å². The summed E-state index contributed by atoms with van der Waals surface area (Å²) in [7, 11) is 0. The third-order valence-electron chi connectivity index (χ3n) is 3.84. The van der Waals surface area contributed by atoms with E-state index in [0.717, 1.165) is 23.8 Å². The molecule has 1 heterocycles. The van der Waals surface area contributed by atoms with Crippen molar-refractivity contribution in [3.63, 3.8) is 0 Å². The molecule has 0 radical (unpaired) electrons. The lowest BCUT2D eigenvalue weighted by atomic mass is 9.82. The van der Waals surface area contributed by atoms with E-state index in [4.69, 9.17) is 0 Å². The Hall–Kier alpha value is 0.660. The number of nitrogens with one attached hydrogen (secondary N) is 1. The molecule has 1 saturated heterocycles. The van der Waals surface area contributed by atoms with Crippen LogP contribution in [0.4, 0.5) is 0 Å². The molecule has 0 amide bonds. The zero-order chi connectivity index (χ0) is 11.2. The standard InChI is InChI=1S/C13H25NS2/c1-2-14-13(11-6-4-3-5-7-11)12-10-15-8-9-16-12/h11-14H,2-10H2,1H3. The van der Waals surface area contributed by atoms with E-state index in [2.05, 4.69) is 35.8 Å². The first-order valence-electron chi connectivity index (χ1n) is 6.84. The molecule has 2 aliphatic rings. The second-order valence-corrected chi connectivity index (χ2v) is 7.46. The van der Waals surface area contributed by atoms with Gasteiger partial charge in [-0.25, -0.2) is 0 Å². The molecule has 0 aromatic carbocycles. The Balaban J connectivity index is 1.91. The van der Waals surface area contributed by atoms with Gasteiger partial charge < -0.3 is 5.32 Å². The summed E-state index contributed by atoms with van der Waals surface area (Å²) < 4.78 is 0. The third-order valence-corrected chi connectivity index (χ3v) is 6.72. The molecule has 1 saturated carbocycles. The summed E-state index contributed by atoms with van der Waals surface area (Å²) >= 11 is 4.38. The maximum Gasteiger partial charge on any atom is 0.0294 e. The van der Waals surface area contributed by atoms with Gasteiger partial charge in [-0.3, -0.25) is 0 Å². The zero-order valence-electron chi connectivity index (χ0n) is 10.4. The second-order valence-electron chi connectivity index (χ2n) is 4.97. The van der Waals surface area contributed by atoms with Crippen LogP contribution >= 0.6 is 23.5 Å². The molecule has 94 valence electrons. The summed E-state index contributed by atoms with van der Waals surface area (Å²) in [5.41, 5.74) is 0. The second kappa shape index (κ2) is 7.17. The molecule has 1 aliphatic heterocycles.